The summed E-state index contributed by atoms with van der Waals surface area (Å²) in [6.07, 6.45) is 1.51. The van der Waals surface area contributed by atoms with Gasteiger partial charge in [-0.05, 0) is 37.8 Å². The van der Waals surface area contributed by atoms with E-state index in [1.54, 1.807) is 25.6 Å². The molecular weight excluding hydrogens is 437 g/mol. The molecule has 2 N–H and O–H groups in total. The first-order valence-corrected chi connectivity index (χ1v) is 10.5. The second kappa shape index (κ2) is 9.65. The van der Waals surface area contributed by atoms with E-state index >= 15 is 0 Å². The molecule has 33 heavy (non-hydrogen) atoms. The fourth-order valence-electron chi connectivity index (χ4n) is 3.21. The molecule has 0 unspecified atom stereocenters. The smallest absolute Gasteiger partial charge is 0.411 e. The number of benzene rings is 1. The summed E-state index contributed by atoms with van der Waals surface area (Å²) < 4.78 is 49.5. The highest BCUT2D eigenvalue weighted by atomic mass is 19.4. The minimum atomic E-state index is -4.40. The monoisotopic (exact) mass is 462 g/mol. The van der Waals surface area contributed by atoms with Crippen LogP contribution in [0.5, 0.6) is 5.75 Å². The number of hydrogen-bond donors (Lipinski definition) is 2. The molecule has 1 fully saturated rings. The zero-order chi connectivity index (χ0) is 23.4. The van der Waals surface area contributed by atoms with Crippen molar-refractivity contribution in [2.75, 3.05) is 30.9 Å². The summed E-state index contributed by atoms with van der Waals surface area (Å²) in [6, 6.07) is 7.10. The van der Waals surface area contributed by atoms with E-state index in [1.165, 1.54) is 0 Å². The number of hydrogen-bond acceptors (Lipinski definition) is 7. The van der Waals surface area contributed by atoms with Crippen molar-refractivity contribution >= 4 is 17.5 Å². The maximum Gasteiger partial charge on any atom is 0.411 e. The number of methoxy groups -OCH3 is 1. The standard InChI is InChI=1S/C22H25F3N6O2/c1-14-10-31(13-27-14)18-6-5-16(7-19(18)32-2)28-21-29-17(11-33-12-22(23,24)25)8-20(30-21)26-9-15-3-4-15/h5-8,10,13,15H,3-4,9,11-12H2,1-2H3,(H2,26,28,29,30). The van der Waals surface area contributed by atoms with Gasteiger partial charge in [0.2, 0.25) is 5.95 Å². The number of halogens is 3. The summed E-state index contributed by atoms with van der Waals surface area (Å²) in [6.45, 7) is 1.04. The van der Waals surface area contributed by atoms with E-state index in [2.05, 4.69) is 25.6 Å². The van der Waals surface area contributed by atoms with Gasteiger partial charge in [0.25, 0.3) is 0 Å². The van der Waals surface area contributed by atoms with Gasteiger partial charge in [-0.25, -0.2) is 9.97 Å². The van der Waals surface area contributed by atoms with Gasteiger partial charge in [-0.1, -0.05) is 0 Å². The highest BCUT2D eigenvalue weighted by Gasteiger charge is 2.27. The quantitative estimate of drug-likeness (QED) is 0.455. The van der Waals surface area contributed by atoms with Gasteiger partial charge in [0, 0.05) is 30.6 Å². The van der Waals surface area contributed by atoms with E-state index in [1.807, 2.05) is 29.8 Å². The van der Waals surface area contributed by atoms with Crippen molar-refractivity contribution in [2.24, 2.45) is 5.92 Å². The molecule has 0 bridgehead atoms. The number of imidazole rings is 1. The van der Waals surface area contributed by atoms with E-state index in [4.69, 9.17) is 9.47 Å². The first-order chi connectivity index (χ1) is 15.8. The van der Waals surface area contributed by atoms with Gasteiger partial charge >= 0.3 is 6.18 Å². The molecule has 11 heteroatoms. The van der Waals surface area contributed by atoms with E-state index in [0.29, 0.717) is 28.9 Å². The Kier molecular flexibility index (Phi) is 6.68. The average Bonchev–Trinajstić information content (AvgIpc) is 3.50. The minimum absolute atomic E-state index is 0.245. The lowest BCUT2D eigenvalue weighted by atomic mass is 10.2. The van der Waals surface area contributed by atoms with Crippen molar-refractivity contribution in [1.82, 2.24) is 19.5 Å². The summed E-state index contributed by atoms with van der Waals surface area (Å²) >= 11 is 0. The molecule has 0 saturated heterocycles. The van der Waals surface area contributed by atoms with E-state index in [0.717, 1.165) is 30.8 Å². The molecule has 0 spiro atoms. The van der Waals surface area contributed by atoms with Crippen LogP contribution in [0.25, 0.3) is 5.69 Å². The molecule has 0 aliphatic heterocycles. The van der Waals surface area contributed by atoms with Crippen molar-refractivity contribution in [1.29, 1.82) is 0 Å². The fourth-order valence-corrected chi connectivity index (χ4v) is 3.21. The zero-order valence-electron chi connectivity index (χ0n) is 18.3. The number of alkyl halides is 3. The van der Waals surface area contributed by atoms with Crippen molar-refractivity contribution < 1.29 is 22.6 Å². The van der Waals surface area contributed by atoms with Crippen LogP contribution in [0.15, 0.2) is 36.8 Å². The number of rotatable bonds is 10. The summed E-state index contributed by atoms with van der Waals surface area (Å²) in [4.78, 5) is 13.0. The van der Waals surface area contributed by atoms with Crippen LogP contribution >= 0.6 is 0 Å². The molecule has 0 radical (unpaired) electrons. The normalized spacial score (nSPS) is 13.7. The Morgan fingerprint density at radius 1 is 1.18 bits per heavy atom. The molecule has 2 aromatic heterocycles. The molecule has 3 aromatic rings. The highest BCUT2D eigenvalue weighted by molar-refractivity contribution is 5.62. The highest BCUT2D eigenvalue weighted by Crippen LogP contribution is 2.30. The first kappa shape index (κ1) is 22.8. The van der Waals surface area contributed by atoms with Crippen LogP contribution in [0.2, 0.25) is 0 Å². The van der Waals surface area contributed by atoms with Gasteiger partial charge in [0.1, 0.15) is 18.2 Å². The molecule has 1 aliphatic carbocycles. The lowest BCUT2D eigenvalue weighted by Gasteiger charge is -2.14. The van der Waals surface area contributed by atoms with Crippen LogP contribution in [0.4, 0.5) is 30.6 Å². The van der Waals surface area contributed by atoms with Crippen LogP contribution in [0.3, 0.4) is 0 Å². The Hall–Kier alpha value is -3.34. The number of aryl methyl sites for hydroxylation is 1. The summed E-state index contributed by atoms with van der Waals surface area (Å²) in [5.41, 5.74) is 2.69. The Bertz CT molecular complexity index is 1100. The summed E-state index contributed by atoms with van der Waals surface area (Å²) in [7, 11) is 1.57. The Morgan fingerprint density at radius 2 is 2.00 bits per heavy atom. The predicted octanol–water partition coefficient (Wildman–Crippen LogP) is 4.62. The van der Waals surface area contributed by atoms with Gasteiger partial charge in [-0.2, -0.15) is 18.2 Å². The van der Waals surface area contributed by atoms with E-state index in [9.17, 15) is 13.2 Å². The van der Waals surface area contributed by atoms with Gasteiger partial charge < -0.3 is 24.7 Å². The average molecular weight is 462 g/mol. The van der Waals surface area contributed by atoms with Crippen LogP contribution in [0.1, 0.15) is 24.2 Å². The van der Waals surface area contributed by atoms with Crippen LogP contribution in [-0.4, -0.2) is 46.0 Å². The van der Waals surface area contributed by atoms with Gasteiger partial charge in [0.05, 0.1) is 37.1 Å². The Balaban J connectivity index is 1.53. The number of anilines is 3. The van der Waals surface area contributed by atoms with Crippen LogP contribution in [-0.2, 0) is 11.3 Å². The molecule has 1 aromatic carbocycles. The topological polar surface area (TPSA) is 86.1 Å². The Morgan fingerprint density at radius 3 is 2.67 bits per heavy atom. The molecule has 0 amide bonds. The molecule has 8 nitrogen and oxygen atoms in total. The minimum Gasteiger partial charge on any atom is -0.494 e. The summed E-state index contributed by atoms with van der Waals surface area (Å²) in [5.74, 6) is 1.98. The molecule has 0 atom stereocenters. The number of nitrogens with one attached hydrogen (secondary N) is 2. The van der Waals surface area contributed by atoms with Gasteiger partial charge in [-0.3, -0.25) is 0 Å². The van der Waals surface area contributed by atoms with Crippen molar-refractivity contribution in [3.05, 3.63) is 48.2 Å². The maximum atomic E-state index is 12.4. The first-order valence-electron chi connectivity index (χ1n) is 10.5. The van der Waals surface area contributed by atoms with Gasteiger partial charge in [-0.15, -0.1) is 0 Å². The lowest BCUT2D eigenvalue weighted by Crippen LogP contribution is -2.17. The lowest BCUT2D eigenvalue weighted by molar-refractivity contribution is -0.176. The third-order valence-electron chi connectivity index (χ3n) is 4.99. The third kappa shape index (κ3) is 6.58. The zero-order valence-corrected chi connectivity index (χ0v) is 18.3. The largest absolute Gasteiger partial charge is 0.494 e. The van der Waals surface area contributed by atoms with Crippen LogP contribution < -0.4 is 15.4 Å². The molecular formula is C22H25F3N6O2. The van der Waals surface area contributed by atoms with E-state index in [-0.39, 0.29) is 12.6 Å². The SMILES string of the molecule is COc1cc(Nc2nc(COCC(F)(F)F)cc(NCC3CC3)n2)ccc1-n1cnc(C)c1. The number of ether oxygens (including phenoxy) is 2. The second-order valence-electron chi connectivity index (χ2n) is 7.93. The van der Waals surface area contributed by atoms with Crippen molar-refractivity contribution in [3.8, 4) is 11.4 Å². The molecule has 1 saturated carbocycles. The molecule has 1 aliphatic rings. The summed E-state index contributed by atoms with van der Waals surface area (Å²) in [5, 5.41) is 6.34. The van der Waals surface area contributed by atoms with Gasteiger partial charge in [0.15, 0.2) is 0 Å². The van der Waals surface area contributed by atoms with Crippen LogP contribution in [0, 0.1) is 12.8 Å². The molecule has 2 heterocycles. The van der Waals surface area contributed by atoms with Crippen molar-refractivity contribution in [3.63, 3.8) is 0 Å². The maximum absolute atomic E-state index is 12.4. The fraction of sp³-hybridized carbons (Fsp3) is 0.409. The van der Waals surface area contributed by atoms with Crippen molar-refractivity contribution in [2.45, 2.75) is 32.5 Å². The molecule has 4 rings (SSSR count). The van der Waals surface area contributed by atoms with E-state index < -0.39 is 12.8 Å². The Labute approximate surface area is 189 Å². The number of nitrogens with zero attached hydrogens (tertiary/aromatic N) is 4. The second-order valence-corrected chi connectivity index (χ2v) is 7.93. The predicted molar refractivity (Wildman–Crippen MR) is 117 cm³/mol. The third-order valence-corrected chi connectivity index (χ3v) is 4.99. The molecule has 176 valence electrons. The number of aromatic nitrogens is 4.